The highest BCUT2D eigenvalue weighted by molar-refractivity contribution is 5.80. The zero-order valence-corrected chi connectivity index (χ0v) is 31.7. The van der Waals surface area contributed by atoms with Gasteiger partial charge in [-0.05, 0) is 64.2 Å². The molecule has 1 amide bonds. The number of unbranched alkanes of at least 4 members (excludes halogenated alkanes) is 14. The van der Waals surface area contributed by atoms with Crippen molar-refractivity contribution in [3.05, 3.63) is 48.6 Å². The summed E-state index contributed by atoms with van der Waals surface area (Å²) in [6, 6.07) is -1.01. The topological polar surface area (TPSA) is 169 Å². The number of allylic oxidation sites excluding steroid dienone is 7. The first-order chi connectivity index (χ1) is 24.8. The van der Waals surface area contributed by atoms with E-state index in [0.717, 1.165) is 57.8 Å². The maximum Gasteiger partial charge on any atom is 0.249 e. The summed E-state index contributed by atoms with van der Waals surface area (Å²) in [6.07, 6.45) is 27.8. The normalized spacial score (nSPS) is 23.2. The summed E-state index contributed by atoms with van der Waals surface area (Å²) in [7, 11) is 0. The van der Waals surface area contributed by atoms with E-state index in [4.69, 9.17) is 9.47 Å². The second-order valence-corrected chi connectivity index (χ2v) is 13.8. The number of carbonyl (C=O) groups is 1. The van der Waals surface area contributed by atoms with E-state index in [0.29, 0.717) is 12.8 Å². The Hall–Kier alpha value is -1.89. The number of aliphatic hydroxyl groups excluding tert-OH is 6. The molecule has 0 aromatic heterocycles. The third-order valence-electron chi connectivity index (χ3n) is 9.21. The summed E-state index contributed by atoms with van der Waals surface area (Å²) in [5.41, 5.74) is 0. The molecule has 0 aliphatic carbocycles. The minimum atomic E-state index is -1.62. The van der Waals surface area contributed by atoms with Crippen LogP contribution in [0.15, 0.2) is 48.6 Å². The maximum atomic E-state index is 12.9. The predicted octanol–water partition coefficient (Wildman–Crippen LogP) is 6.08. The SMILES string of the molecule is CCCC/C=C\CCCCCCC(O)C(=O)NC(COC1OC(CO)C(O)C(O)C1O)C(O)/C=C/CC/C=C/CC/C=C/CCCCCCCC. The summed E-state index contributed by atoms with van der Waals surface area (Å²) >= 11 is 0. The molecule has 0 radical (unpaired) electrons. The van der Waals surface area contributed by atoms with Crippen molar-refractivity contribution in [2.75, 3.05) is 13.2 Å². The molecule has 0 saturated carbocycles. The Kier molecular flexibility index (Phi) is 29.2. The van der Waals surface area contributed by atoms with Gasteiger partial charge >= 0.3 is 0 Å². The van der Waals surface area contributed by atoms with Gasteiger partial charge in [-0.3, -0.25) is 4.79 Å². The number of aliphatic hydroxyl groups is 6. The Morgan fingerprint density at radius 2 is 1.18 bits per heavy atom. The van der Waals surface area contributed by atoms with Crippen LogP contribution in [0, 0.1) is 0 Å². The fourth-order valence-corrected chi connectivity index (χ4v) is 5.82. The van der Waals surface area contributed by atoms with Crippen LogP contribution in [0.4, 0.5) is 0 Å². The van der Waals surface area contributed by atoms with Gasteiger partial charge in [0.1, 0.15) is 30.5 Å². The summed E-state index contributed by atoms with van der Waals surface area (Å²) in [6.45, 7) is 3.48. The van der Waals surface area contributed by atoms with Crippen LogP contribution in [0.5, 0.6) is 0 Å². The molecule has 8 unspecified atom stereocenters. The molecule has 0 bridgehead atoms. The van der Waals surface area contributed by atoms with Crippen LogP contribution in [-0.2, 0) is 14.3 Å². The van der Waals surface area contributed by atoms with Crippen LogP contribution in [0.2, 0.25) is 0 Å². The molecule has 1 rings (SSSR count). The van der Waals surface area contributed by atoms with E-state index in [1.165, 1.54) is 51.4 Å². The Bertz CT molecular complexity index is 953. The van der Waals surface area contributed by atoms with Gasteiger partial charge < -0.3 is 45.4 Å². The molecule has 1 fully saturated rings. The molecule has 0 aromatic rings. The van der Waals surface area contributed by atoms with Gasteiger partial charge in [-0.25, -0.2) is 0 Å². The lowest BCUT2D eigenvalue weighted by Crippen LogP contribution is -2.60. The fraction of sp³-hybridized carbons (Fsp3) is 0.780. The van der Waals surface area contributed by atoms with Crippen LogP contribution < -0.4 is 5.32 Å². The van der Waals surface area contributed by atoms with Crippen molar-refractivity contribution in [3.63, 3.8) is 0 Å². The minimum Gasteiger partial charge on any atom is -0.394 e. The molecule has 51 heavy (non-hydrogen) atoms. The van der Waals surface area contributed by atoms with E-state index in [2.05, 4.69) is 55.6 Å². The summed E-state index contributed by atoms with van der Waals surface area (Å²) < 4.78 is 11.1. The number of hydrogen-bond acceptors (Lipinski definition) is 9. The summed E-state index contributed by atoms with van der Waals surface area (Å²) in [4.78, 5) is 12.9. The molecule has 7 N–H and O–H groups in total. The first-order valence-electron chi connectivity index (χ1n) is 20.0. The molecule has 296 valence electrons. The quantitative estimate of drug-likeness (QED) is 0.0331. The van der Waals surface area contributed by atoms with Crippen molar-refractivity contribution >= 4 is 5.91 Å². The standard InChI is InChI=1S/C41H73NO9/c1-3-5-7-9-11-13-15-16-17-18-19-20-22-23-25-27-29-34(44)33(32-50-41-39(48)38(47)37(46)36(31-43)51-41)42-40(49)35(45)30-28-26-24-21-14-12-10-8-6-4-2/h10,12,16-17,20,22,27,29,33-39,41,43-48H,3-9,11,13-15,18-19,21,23-26,28,30-32H2,1-2H3,(H,42,49)/b12-10-,17-16+,22-20+,29-27+. The smallest absolute Gasteiger partial charge is 0.249 e. The Morgan fingerprint density at radius 3 is 1.76 bits per heavy atom. The minimum absolute atomic E-state index is 0.283. The molecule has 1 heterocycles. The van der Waals surface area contributed by atoms with Crippen molar-refractivity contribution in [2.45, 2.75) is 191 Å². The van der Waals surface area contributed by atoms with Crippen molar-refractivity contribution in [2.24, 2.45) is 0 Å². The monoisotopic (exact) mass is 724 g/mol. The zero-order chi connectivity index (χ0) is 37.5. The fourth-order valence-electron chi connectivity index (χ4n) is 5.82. The van der Waals surface area contributed by atoms with Gasteiger partial charge in [-0.15, -0.1) is 0 Å². The Balaban J connectivity index is 2.56. The highest BCUT2D eigenvalue weighted by Crippen LogP contribution is 2.22. The Labute approximate surface area is 308 Å². The second kappa shape index (κ2) is 31.6. The predicted molar refractivity (Wildman–Crippen MR) is 204 cm³/mol. The second-order valence-electron chi connectivity index (χ2n) is 13.8. The number of hydrogen-bond donors (Lipinski definition) is 7. The van der Waals surface area contributed by atoms with E-state index >= 15 is 0 Å². The van der Waals surface area contributed by atoms with Crippen LogP contribution in [0.25, 0.3) is 0 Å². The van der Waals surface area contributed by atoms with E-state index in [1.807, 2.05) is 6.08 Å². The molecular weight excluding hydrogens is 650 g/mol. The van der Waals surface area contributed by atoms with Gasteiger partial charge in [0.25, 0.3) is 0 Å². The number of nitrogens with one attached hydrogen (secondary N) is 1. The highest BCUT2D eigenvalue weighted by atomic mass is 16.7. The van der Waals surface area contributed by atoms with Crippen molar-refractivity contribution in [1.82, 2.24) is 5.32 Å². The van der Waals surface area contributed by atoms with Crippen LogP contribution in [-0.4, -0.2) is 98.7 Å². The molecule has 8 atom stereocenters. The maximum absolute atomic E-state index is 12.9. The van der Waals surface area contributed by atoms with Crippen LogP contribution in [0.3, 0.4) is 0 Å². The third-order valence-corrected chi connectivity index (χ3v) is 9.21. The molecule has 0 spiro atoms. The van der Waals surface area contributed by atoms with E-state index in [9.17, 15) is 35.4 Å². The lowest BCUT2D eigenvalue weighted by Gasteiger charge is -2.40. The van der Waals surface area contributed by atoms with Gasteiger partial charge in [0.05, 0.1) is 25.4 Å². The Morgan fingerprint density at radius 1 is 0.667 bits per heavy atom. The average molecular weight is 724 g/mol. The van der Waals surface area contributed by atoms with Crippen LogP contribution in [0.1, 0.15) is 142 Å². The zero-order valence-electron chi connectivity index (χ0n) is 31.7. The van der Waals surface area contributed by atoms with Gasteiger partial charge in [0, 0.05) is 0 Å². The number of rotatable bonds is 31. The van der Waals surface area contributed by atoms with Gasteiger partial charge in [-0.2, -0.15) is 0 Å². The van der Waals surface area contributed by atoms with E-state index in [-0.39, 0.29) is 13.0 Å². The third kappa shape index (κ3) is 22.7. The summed E-state index contributed by atoms with van der Waals surface area (Å²) in [5.74, 6) is -0.646. The first-order valence-corrected chi connectivity index (χ1v) is 20.0. The lowest BCUT2D eigenvalue weighted by atomic mass is 9.99. The van der Waals surface area contributed by atoms with E-state index in [1.54, 1.807) is 6.08 Å². The molecule has 1 aliphatic rings. The molecule has 10 nitrogen and oxygen atoms in total. The largest absolute Gasteiger partial charge is 0.394 e. The van der Waals surface area contributed by atoms with Gasteiger partial charge in [-0.1, -0.05) is 127 Å². The van der Waals surface area contributed by atoms with Crippen molar-refractivity contribution in [1.29, 1.82) is 0 Å². The van der Waals surface area contributed by atoms with Crippen LogP contribution >= 0.6 is 0 Å². The molecule has 1 saturated heterocycles. The van der Waals surface area contributed by atoms with E-state index < -0.39 is 61.5 Å². The van der Waals surface area contributed by atoms with Crippen molar-refractivity contribution in [3.8, 4) is 0 Å². The van der Waals surface area contributed by atoms with Gasteiger partial charge in [0.15, 0.2) is 6.29 Å². The molecule has 1 aliphatic heterocycles. The first kappa shape index (κ1) is 47.1. The number of ether oxygens (including phenoxy) is 2. The molecular formula is C41H73NO9. The van der Waals surface area contributed by atoms with Gasteiger partial charge in [0.2, 0.25) is 5.91 Å². The molecule has 0 aromatic carbocycles. The van der Waals surface area contributed by atoms with Crippen molar-refractivity contribution < 1.29 is 44.9 Å². The molecule has 10 heteroatoms. The summed E-state index contributed by atoms with van der Waals surface area (Å²) in [5, 5.41) is 64.2. The number of carbonyl (C=O) groups excluding carboxylic acids is 1. The average Bonchev–Trinajstić information content (AvgIpc) is 3.13. The number of amides is 1. The highest BCUT2D eigenvalue weighted by Gasteiger charge is 2.44. The lowest BCUT2D eigenvalue weighted by molar-refractivity contribution is -0.302.